The summed E-state index contributed by atoms with van der Waals surface area (Å²) in [5.41, 5.74) is 5.18. The van der Waals surface area contributed by atoms with Gasteiger partial charge in [-0.15, -0.1) is 0 Å². The maximum atomic E-state index is 3.90. The van der Waals surface area contributed by atoms with E-state index in [9.17, 15) is 0 Å². The summed E-state index contributed by atoms with van der Waals surface area (Å²) in [4.78, 5) is 0. The molecule has 1 nitrogen and oxygen atoms in total. The Hall–Kier alpha value is -1.50. The molecule has 1 heteroatoms. The van der Waals surface area contributed by atoms with Gasteiger partial charge in [0.1, 0.15) is 0 Å². The second kappa shape index (κ2) is 12.5. The molecule has 0 spiro atoms. The predicted octanol–water partition coefficient (Wildman–Crippen LogP) is 6.35. The molecule has 0 N–H and O–H groups in total. The van der Waals surface area contributed by atoms with Gasteiger partial charge in [0.05, 0.1) is 0 Å². The maximum absolute atomic E-state index is 3.90. The van der Waals surface area contributed by atoms with E-state index in [0.29, 0.717) is 0 Å². The molecule has 0 saturated heterocycles. The fourth-order valence-corrected chi connectivity index (χ4v) is 2.15. The van der Waals surface area contributed by atoms with E-state index in [0.717, 1.165) is 6.42 Å². The van der Waals surface area contributed by atoms with Crippen LogP contribution in [0.1, 0.15) is 71.0 Å². The molecule has 0 unspecified atom stereocenters. The molecule has 0 aliphatic carbocycles. The van der Waals surface area contributed by atoms with E-state index in [-0.39, 0.29) is 0 Å². The van der Waals surface area contributed by atoms with E-state index >= 15 is 0 Å². The lowest BCUT2D eigenvalue weighted by Gasteiger charge is -2.01. The smallest absolute Gasteiger partial charge is 0.0479 e. The fraction of sp³-hybridized carbons (Fsp3) is 0.474. The van der Waals surface area contributed by atoms with Crippen LogP contribution >= 0.6 is 0 Å². The van der Waals surface area contributed by atoms with Gasteiger partial charge in [-0.1, -0.05) is 59.4 Å². The van der Waals surface area contributed by atoms with Crippen LogP contribution in [0.15, 0.2) is 18.7 Å². The maximum Gasteiger partial charge on any atom is 0.0479 e. The Balaban J connectivity index is 0. The molecule has 0 aromatic carbocycles. The van der Waals surface area contributed by atoms with Crippen molar-refractivity contribution in [2.24, 2.45) is 7.05 Å². The van der Waals surface area contributed by atoms with Gasteiger partial charge in [-0.05, 0) is 38.0 Å². The second-order valence-electron chi connectivity index (χ2n) is 3.78. The standard InChI is InChI=1S/C15H21N.2C2H6/c1-6-10-13-12(8-3)15(11-7-2)16(5)14(13)9-4;2*1-2/h6-7,9-11H,4,8H2,1-3,5H3;2*1-2H3/b10-6-,11-7-;;. The Labute approximate surface area is 126 Å². The summed E-state index contributed by atoms with van der Waals surface area (Å²) in [6, 6.07) is 0. The molecule has 0 atom stereocenters. The van der Waals surface area contributed by atoms with Crippen LogP contribution in [0, 0.1) is 0 Å². The molecule has 0 bridgehead atoms. The number of hydrogen-bond donors (Lipinski definition) is 0. The molecular formula is C19H33N. The van der Waals surface area contributed by atoms with Gasteiger partial charge in [0.2, 0.25) is 0 Å². The molecule has 1 aromatic rings. The van der Waals surface area contributed by atoms with Crippen molar-refractivity contribution >= 4 is 18.2 Å². The van der Waals surface area contributed by atoms with Gasteiger partial charge in [-0.2, -0.15) is 0 Å². The first kappa shape index (κ1) is 20.8. The lowest BCUT2D eigenvalue weighted by Crippen LogP contribution is -1.94. The van der Waals surface area contributed by atoms with Crippen molar-refractivity contribution in [1.82, 2.24) is 4.57 Å². The van der Waals surface area contributed by atoms with Crippen LogP contribution in [0.2, 0.25) is 0 Å². The lowest BCUT2D eigenvalue weighted by atomic mass is 10.1. The molecule has 0 aliphatic rings. The monoisotopic (exact) mass is 275 g/mol. The summed E-state index contributed by atoms with van der Waals surface area (Å²) in [7, 11) is 2.10. The van der Waals surface area contributed by atoms with Crippen LogP contribution in [0.4, 0.5) is 0 Å². The zero-order valence-corrected chi connectivity index (χ0v) is 14.7. The van der Waals surface area contributed by atoms with Crippen molar-refractivity contribution in [3.8, 4) is 0 Å². The highest BCUT2D eigenvalue weighted by Gasteiger charge is 2.13. The van der Waals surface area contributed by atoms with Gasteiger partial charge in [0.25, 0.3) is 0 Å². The van der Waals surface area contributed by atoms with Crippen molar-refractivity contribution in [3.05, 3.63) is 41.2 Å². The predicted molar refractivity (Wildman–Crippen MR) is 97.0 cm³/mol. The molecule has 0 amide bonds. The quantitative estimate of drug-likeness (QED) is 0.603. The Kier molecular flexibility index (Phi) is 13.0. The van der Waals surface area contributed by atoms with Gasteiger partial charge in [-0.3, -0.25) is 0 Å². The number of rotatable bonds is 4. The molecule has 20 heavy (non-hydrogen) atoms. The molecule has 1 rings (SSSR count). The molecule has 114 valence electrons. The number of hydrogen-bond acceptors (Lipinski definition) is 0. The Morgan fingerprint density at radius 2 is 1.45 bits per heavy atom. The van der Waals surface area contributed by atoms with Crippen LogP contribution in [0.3, 0.4) is 0 Å². The summed E-state index contributed by atoms with van der Waals surface area (Å²) < 4.78 is 2.21. The van der Waals surface area contributed by atoms with Gasteiger partial charge >= 0.3 is 0 Å². The summed E-state index contributed by atoms with van der Waals surface area (Å²) in [6.07, 6.45) is 11.5. The van der Waals surface area contributed by atoms with E-state index in [4.69, 9.17) is 0 Å². The van der Waals surface area contributed by atoms with Crippen LogP contribution in [0.25, 0.3) is 18.2 Å². The fourth-order valence-electron chi connectivity index (χ4n) is 2.15. The Morgan fingerprint density at radius 3 is 1.80 bits per heavy atom. The van der Waals surface area contributed by atoms with E-state index in [1.807, 2.05) is 33.8 Å². The molecule has 0 radical (unpaired) electrons. The van der Waals surface area contributed by atoms with Crippen LogP contribution in [-0.4, -0.2) is 4.57 Å². The minimum Gasteiger partial charge on any atom is -0.344 e. The normalized spacial score (nSPS) is 10.0. The first-order valence-corrected chi connectivity index (χ1v) is 7.80. The third-order valence-electron chi connectivity index (χ3n) is 2.84. The summed E-state index contributed by atoms with van der Waals surface area (Å²) in [6.45, 7) is 18.2. The van der Waals surface area contributed by atoms with Gasteiger partial charge in [0, 0.05) is 24.0 Å². The van der Waals surface area contributed by atoms with E-state index in [1.54, 1.807) is 0 Å². The molecule has 0 saturated carbocycles. The number of nitrogens with zero attached hydrogens (tertiary/aromatic N) is 1. The first-order chi connectivity index (χ1) is 9.71. The van der Waals surface area contributed by atoms with Gasteiger partial charge < -0.3 is 4.57 Å². The van der Waals surface area contributed by atoms with Gasteiger partial charge in [0.15, 0.2) is 0 Å². The SMILES string of the molecule is C=Cc1c(/C=C\C)c(CC)c(/C=C\C)n1C.CC.CC. The van der Waals surface area contributed by atoms with E-state index < -0.39 is 0 Å². The number of allylic oxidation sites excluding steroid dienone is 2. The zero-order valence-electron chi connectivity index (χ0n) is 14.7. The van der Waals surface area contributed by atoms with Crippen LogP contribution < -0.4 is 0 Å². The van der Waals surface area contributed by atoms with Crippen molar-refractivity contribution in [2.75, 3.05) is 0 Å². The van der Waals surface area contributed by atoms with Crippen LogP contribution in [0.5, 0.6) is 0 Å². The Bertz CT molecular complexity index is 431. The van der Waals surface area contributed by atoms with Crippen molar-refractivity contribution in [2.45, 2.75) is 54.9 Å². The number of aromatic nitrogens is 1. The van der Waals surface area contributed by atoms with Crippen molar-refractivity contribution in [3.63, 3.8) is 0 Å². The molecule has 1 aromatic heterocycles. The lowest BCUT2D eigenvalue weighted by molar-refractivity contribution is 0.893. The Morgan fingerprint density at radius 1 is 0.950 bits per heavy atom. The minimum absolute atomic E-state index is 1.04. The minimum atomic E-state index is 1.04. The zero-order chi connectivity index (χ0) is 16.1. The second-order valence-corrected chi connectivity index (χ2v) is 3.78. The van der Waals surface area contributed by atoms with Crippen molar-refractivity contribution < 1.29 is 0 Å². The third kappa shape index (κ3) is 4.88. The average molecular weight is 275 g/mol. The van der Waals surface area contributed by atoms with Crippen molar-refractivity contribution in [1.29, 1.82) is 0 Å². The van der Waals surface area contributed by atoms with E-state index in [2.05, 4.69) is 63.3 Å². The van der Waals surface area contributed by atoms with E-state index in [1.165, 1.54) is 22.5 Å². The largest absolute Gasteiger partial charge is 0.344 e. The summed E-state index contributed by atoms with van der Waals surface area (Å²) >= 11 is 0. The summed E-state index contributed by atoms with van der Waals surface area (Å²) in [5.74, 6) is 0. The summed E-state index contributed by atoms with van der Waals surface area (Å²) in [5, 5.41) is 0. The highest BCUT2D eigenvalue weighted by Crippen LogP contribution is 2.26. The molecule has 0 fully saturated rings. The first-order valence-electron chi connectivity index (χ1n) is 7.80. The highest BCUT2D eigenvalue weighted by molar-refractivity contribution is 5.71. The average Bonchev–Trinajstić information content (AvgIpc) is 2.76. The third-order valence-corrected chi connectivity index (χ3v) is 2.84. The highest BCUT2D eigenvalue weighted by atomic mass is 15.0. The molecule has 0 aliphatic heterocycles. The molecule has 1 heterocycles. The van der Waals surface area contributed by atoms with Crippen LogP contribution in [-0.2, 0) is 13.5 Å². The van der Waals surface area contributed by atoms with Gasteiger partial charge in [-0.25, -0.2) is 0 Å². The molecular weight excluding hydrogens is 242 g/mol. The topological polar surface area (TPSA) is 4.93 Å².